The van der Waals surface area contributed by atoms with Crippen molar-refractivity contribution in [2.24, 2.45) is 0 Å². The molecule has 7 nitrogen and oxygen atoms in total. The van der Waals surface area contributed by atoms with Crippen LogP contribution in [0.5, 0.6) is 0 Å². The molecule has 1 fully saturated rings. The SMILES string of the molecule is O=C(O)c1ccc(CC(=Cc2ccc(N3CCN(Cc4ccccc4)CC3)c([N+](=O)[O-])c2)SCc2ccc(F)cc2)cc1. The van der Waals surface area contributed by atoms with Crippen molar-refractivity contribution in [3.05, 3.63) is 146 Å². The molecule has 1 aliphatic rings. The van der Waals surface area contributed by atoms with Crippen molar-refractivity contribution in [3.8, 4) is 0 Å². The number of nitro groups is 1. The molecule has 0 aliphatic carbocycles. The molecule has 4 aromatic carbocycles. The zero-order valence-corrected chi connectivity index (χ0v) is 24.4. The first kappa shape index (κ1) is 30.0. The Bertz CT molecular complexity index is 1590. The van der Waals surface area contributed by atoms with Gasteiger partial charge in [-0.2, -0.15) is 0 Å². The van der Waals surface area contributed by atoms with E-state index in [0.29, 0.717) is 36.5 Å². The number of halogens is 1. The highest BCUT2D eigenvalue weighted by molar-refractivity contribution is 8.02. The number of aromatic carboxylic acids is 1. The molecule has 0 saturated carbocycles. The first-order chi connectivity index (χ1) is 20.8. The smallest absolute Gasteiger partial charge is 0.335 e. The Hall–Kier alpha value is -4.47. The molecule has 1 heterocycles. The summed E-state index contributed by atoms with van der Waals surface area (Å²) in [5, 5.41) is 21.4. The molecule has 5 rings (SSSR count). The molecule has 43 heavy (non-hydrogen) atoms. The third-order valence-corrected chi connectivity index (χ3v) is 8.51. The average molecular weight is 598 g/mol. The lowest BCUT2D eigenvalue weighted by atomic mass is 10.1. The van der Waals surface area contributed by atoms with Crippen LogP contribution in [0.25, 0.3) is 6.08 Å². The standard InChI is InChI=1S/C34H32FN3O4S/c35-30-13-8-27(9-14-30)24-43-31(20-25-6-11-29(12-7-25)34(39)40)21-28-10-15-32(33(22-28)38(41)42)37-18-16-36(17-19-37)23-26-4-2-1-3-5-26/h1-15,21-22H,16-20,23-24H2,(H,39,40). The average Bonchev–Trinajstić information content (AvgIpc) is 3.02. The van der Waals surface area contributed by atoms with Crippen molar-refractivity contribution in [2.75, 3.05) is 31.1 Å². The Morgan fingerprint density at radius 2 is 1.56 bits per heavy atom. The van der Waals surface area contributed by atoms with Crippen LogP contribution in [-0.4, -0.2) is 47.1 Å². The normalized spacial score (nSPS) is 14.1. The van der Waals surface area contributed by atoms with Gasteiger partial charge < -0.3 is 10.0 Å². The molecule has 0 aromatic heterocycles. The summed E-state index contributed by atoms with van der Waals surface area (Å²) in [5.41, 5.74) is 4.73. The number of benzene rings is 4. The van der Waals surface area contributed by atoms with E-state index in [-0.39, 0.29) is 22.0 Å². The van der Waals surface area contributed by atoms with Crippen LogP contribution in [-0.2, 0) is 18.7 Å². The lowest BCUT2D eigenvalue weighted by Gasteiger charge is -2.35. The first-order valence-corrected chi connectivity index (χ1v) is 15.0. The highest BCUT2D eigenvalue weighted by atomic mass is 32.2. The number of carboxylic acid groups (broad SMARTS) is 1. The lowest BCUT2D eigenvalue weighted by molar-refractivity contribution is -0.384. The Labute approximate surface area is 254 Å². The topological polar surface area (TPSA) is 86.9 Å². The van der Waals surface area contributed by atoms with Crippen LogP contribution >= 0.6 is 11.8 Å². The van der Waals surface area contributed by atoms with Gasteiger partial charge in [0, 0.05) is 51.0 Å². The summed E-state index contributed by atoms with van der Waals surface area (Å²) in [7, 11) is 0. The molecular weight excluding hydrogens is 565 g/mol. The van der Waals surface area contributed by atoms with Gasteiger partial charge in [-0.25, -0.2) is 9.18 Å². The molecule has 4 aromatic rings. The van der Waals surface area contributed by atoms with Gasteiger partial charge in [0.2, 0.25) is 0 Å². The number of nitrogens with zero attached hydrogens (tertiary/aromatic N) is 3. The lowest BCUT2D eigenvalue weighted by Crippen LogP contribution is -2.46. The van der Waals surface area contributed by atoms with Crippen LogP contribution in [0, 0.1) is 15.9 Å². The van der Waals surface area contributed by atoms with E-state index < -0.39 is 5.97 Å². The second-order valence-electron chi connectivity index (χ2n) is 10.5. The van der Waals surface area contributed by atoms with Crippen LogP contribution in [0.2, 0.25) is 0 Å². The Morgan fingerprint density at radius 3 is 2.21 bits per heavy atom. The molecule has 0 bridgehead atoms. The number of rotatable bonds is 11. The van der Waals surface area contributed by atoms with Crippen molar-refractivity contribution in [1.82, 2.24) is 4.90 Å². The molecule has 1 aliphatic heterocycles. The second kappa shape index (κ2) is 14.1. The zero-order valence-electron chi connectivity index (χ0n) is 23.6. The van der Waals surface area contributed by atoms with Gasteiger partial charge in [0.05, 0.1) is 10.5 Å². The minimum absolute atomic E-state index is 0.0685. The van der Waals surface area contributed by atoms with Crippen molar-refractivity contribution in [2.45, 2.75) is 18.7 Å². The second-order valence-corrected chi connectivity index (χ2v) is 11.6. The first-order valence-electron chi connectivity index (χ1n) is 14.0. The fourth-order valence-electron chi connectivity index (χ4n) is 5.09. The number of anilines is 1. The number of thioether (sulfide) groups is 1. The Balaban J connectivity index is 1.34. The fraction of sp³-hybridized carbons (Fsp3) is 0.206. The molecule has 1 saturated heterocycles. The Morgan fingerprint density at radius 1 is 0.884 bits per heavy atom. The summed E-state index contributed by atoms with van der Waals surface area (Å²) >= 11 is 1.56. The molecule has 0 amide bonds. The highest BCUT2D eigenvalue weighted by Crippen LogP contribution is 2.33. The third kappa shape index (κ3) is 8.30. The van der Waals surface area contributed by atoms with E-state index >= 15 is 0 Å². The number of hydrogen-bond acceptors (Lipinski definition) is 6. The molecular formula is C34H32FN3O4S. The maximum atomic E-state index is 13.4. The largest absolute Gasteiger partial charge is 0.478 e. The van der Waals surface area contributed by atoms with Crippen molar-refractivity contribution in [3.63, 3.8) is 0 Å². The molecule has 0 radical (unpaired) electrons. The van der Waals surface area contributed by atoms with Crippen LogP contribution in [0.4, 0.5) is 15.8 Å². The summed E-state index contributed by atoms with van der Waals surface area (Å²) in [6, 6.07) is 28.7. The van der Waals surface area contributed by atoms with E-state index in [4.69, 9.17) is 0 Å². The number of carboxylic acids is 1. The van der Waals surface area contributed by atoms with Crippen LogP contribution < -0.4 is 4.90 Å². The number of allylic oxidation sites excluding steroid dienone is 1. The fourth-order valence-corrected chi connectivity index (χ4v) is 6.12. The predicted molar refractivity (Wildman–Crippen MR) is 170 cm³/mol. The van der Waals surface area contributed by atoms with Crippen molar-refractivity contribution < 1.29 is 19.2 Å². The molecule has 9 heteroatoms. The molecule has 0 unspecified atom stereocenters. The van der Waals surface area contributed by atoms with Crippen LogP contribution in [0.1, 0.15) is 32.6 Å². The van der Waals surface area contributed by atoms with Gasteiger partial charge in [-0.3, -0.25) is 15.0 Å². The van der Waals surface area contributed by atoms with Gasteiger partial charge in [-0.15, -0.1) is 11.8 Å². The molecule has 220 valence electrons. The monoisotopic (exact) mass is 597 g/mol. The number of nitro benzene ring substituents is 1. The number of piperazine rings is 1. The van der Waals surface area contributed by atoms with Crippen LogP contribution in [0.15, 0.2) is 102 Å². The van der Waals surface area contributed by atoms with E-state index in [2.05, 4.69) is 21.9 Å². The molecule has 0 atom stereocenters. The summed E-state index contributed by atoms with van der Waals surface area (Å²) in [4.78, 5) is 28.5. The van der Waals surface area contributed by atoms with Gasteiger partial charge >= 0.3 is 5.97 Å². The van der Waals surface area contributed by atoms with E-state index in [0.717, 1.165) is 35.7 Å². The van der Waals surface area contributed by atoms with Crippen molar-refractivity contribution in [1.29, 1.82) is 0 Å². The number of hydrogen-bond donors (Lipinski definition) is 1. The van der Waals surface area contributed by atoms with Gasteiger partial charge in [-0.1, -0.05) is 60.7 Å². The van der Waals surface area contributed by atoms with Crippen LogP contribution in [0.3, 0.4) is 0 Å². The van der Waals surface area contributed by atoms with Gasteiger partial charge in [0.25, 0.3) is 5.69 Å². The summed E-state index contributed by atoms with van der Waals surface area (Å²) in [6.45, 7) is 3.90. The summed E-state index contributed by atoms with van der Waals surface area (Å²) in [6.07, 6.45) is 2.46. The predicted octanol–water partition coefficient (Wildman–Crippen LogP) is 7.27. The number of carbonyl (C=O) groups is 1. The van der Waals surface area contributed by atoms with E-state index in [9.17, 15) is 24.4 Å². The maximum absolute atomic E-state index is 13.4. The van der Waals surface area contributed by atoms with Crippen molar-refractivity contribution >= 4 is 35.2 Å². The van der Waals surface area contributed by atoms with E-state index in [1.54, 1.807) is 54.2 Å². The zero-order chi connectivity index (χ0) is 30.2. The Kier molecular flexibility index (Phi) is 9.86. The third-order valence-electron chi connectivity index (χ3n) is 7.40. The maximum Gasteiger partial charge on any atom is 0.335 e. The van der Waals surface area contributed by atoms with E-state index in [1.807, 2.05) is 36.4 Å². The van der Waals surface area contributed by atoms with Gasteiger partial charge in [0.15, 0.2) is 0 Å². The minimum Gasteiger partial charge on any atom is -0.478 e. The summed E-state index contributed by atoms with van der Waals surface area (Å²) in [5.74, 6) is -0.696. The summed E-state index contributed by atoms with van der Waals surface area (Å²) < 4.78 is 13.4. The minimum atomic E-state index is -0.988. The van der Waals surface area contributed by atoms with E-state index in [1.165, 1.54) is 17.7 Å². The quantitative estimate of drug-likeness (QED) is 0.144. The van der Waals surface area contributed by atoms with Gasteiger partial charge in [0.1, 0.15) is 11.5 Å². The highest BCUT2D eigenvalue weighted by Gasteiger charge is 2.24. The molecule has 1 N–H and O–H groups in total. The molecule has 0 spiro atoms. The van der Waals surface area contributed by atoms with Gasteiger partial charge in [-0.05, 0) is 63.6 Å².